The zero-order valence-electron chi connectivity index (χ0n) is 14.2. The van der Waals surface area contributed by atoms with Crippen LogP contribution in [-0.4, -0.2) is 10.0 Å². The van der Waals surface area contributed by atoms with Gasteiger partial charge in [-0.05, 0) is 48.0 Å². The van der Waals surface area contributed by atoms with Crippen molar-refractivity contribution in [2.75, 3.05) is 5.32 Å². The quantitative estimate of drug-likeness (QED) is 0.234. The first-order valence-electron chi connectivity index (χ1n) is 7.96. The Morgan fingerprint density at radius 1 is 1.18 bits per heavy atom. The van der Waals surface area contributed by atoms with Crippen LogP contribution in [0.5, 0.6) is 5.75 Å². The summed E-state index contributed by atoms with van der Waals surface area (Å²) in [4.78, 5) is 12.4. The highest BCUT2D eigenvalue weighted by molar-refractivity contribution is 9.10. The fourth-order valence-corrected chi connectivity index (χ4v) is 3.92. The topological polar surface area (TPSA) is 75.4 Å². The third-order valence-electron chi connectivity index (χ3n) is 3.79. The molecule has 0 radical (unpaired) electrons. The van der Waals surface area contributed by atoms with Crippen LogP contribution in [-0.2, 0) is 6.54 Å². The fourth-order valence-electron chi connectivity index (χ4n) is 2.44. The van der Waals surface area contributed by atoms with Crippen molar-refractivity contribution < 1.29 is 14.4 Å². The first-order chi connectivity index (χ1) is 13.3. The predicted molar refractivity (Wildman–Crippen MR) is 112 cm³/mol. The summed E-state index contributed by atoms with van der Waals surface area (Å²) in [6.45, 7) is 0.154. The molecule has 0 saturated carbocycles. The summed E-state index contributed by atoms with van der Waals surface area (Å²) in [7, 11) is 0. The number of nitrogens with one attached hydrogen (secondary N) is 1. The lowest BCUT2D eigenvalue weighted by molar-refractivity contribution is -0.385. The molecule has 5 nitrogen and oxygen atoms in total. The van der Waals surface area contributed by atoms with E-state index in [1.54, 1.807) is 18.2 Å². The second kappa shape index (κ2) is 8.81. The minimum Gasteiger partial charge on any atom is -0.503 e. The van der Waals surface area contributed by atoms with E-state index in [0.717, 1.165) is 15.9 Å². The van der Waals surface area contributed by atoms with Gasteiger partial charge in [0.1, 0.15) is 0 Å². The van der Waals surface area contributed by atoms with Gasteiger partial charge in [-0.25, -0.2) is 4.39 Å². The standard InChI is InChI=1S/C19H13BrClFN2O3S/c20-12-8-16(22)19(25)17(9-12)23-10-11-7-14(24(26)27)3-6-18(11)28-15-4-1-13(21)2-5-15/h1-9,23,25H,10H2. The van der Waals surface area contributed by atoms with Gasteiger partial charge in [-0.2, -0.15) is 0 Å². The molecule has 0 fully saturated rings. The normalized spacial score (nSPS) is 10.7. The largest absolute Gasteiger partial charge is 0.503 e. The number of nitro groups is 1. The van der Waals surface area contributed by atoms with Crippen LogP contribution >= 0.6 is 39.3 Å². The average Bonchev–Trinajstić information content (AvgIpc) is 2.66. The monoisotopic (exact) mass is 482 g/mol. The molecule has 0 aliphatic rings. The molecule has 0 heterocycles. The third-order valence-corrected chi connectivity index (χ3v) is 5.63. The van der Waals surface area contributed by atoms with Gasteiger partial charge in [0, 0.05) is 38.0 Å². The molecular formula is C19H13BrClFN2O3S. The number of phenolic OH excluding ortho intramolecular Hbond substituents is 1. The number of aromatic hydroxyl groups is 1. The van der Waals surface area contributed by atoms with E-state index < -0.39 is 16.5 Å². The molecule has 0 atom stereocenters. The first kappa shape index (κ1) is 20.4. The highest BCUT2D eigenvalue weighted by atomic mass is 79.9. The minimum atomic E-state index is -0.772. The van der Waals surface area contributed by atoms with E-state index in [2.05, 4.69) is 21.2 Å². The highest BCUT2D eigenvalue weighted by Crippen LogP contribution is 2.35. The van der Waals surface area contributed by atoms with Crippen molar-refractivity contribution in [2.45, 2.75) is 16.3 Å². The molecule has 9 heteroatoms. The molecule has 0 unspecified atom stereocenters. The van der Waals surface area contributed by atoms with Gasteiger partial charge in [-0.1, -0.05) is 39.3 Å². The van der Waals surface area contributed by atoms with Crippen LogP contribution < -0.4 is 5.32 Å². The number of anilines is 1. The molecule has 0 saturated heterocycles. The van der Waals surface area contributed by atoms with Gasteiger partial charge in [0.15, 0.2) is 11.6 Å². The zero-order valence-corrected chi connectivity index (χ0v) is 17.3. The van der Waals surface area contributed by atoms with Gasteiger partial charge in [-0.15, -0.1) is 0 Å². The maximum absolute atomic E-state index is 13.7. The Labute approximate surface area is 177 Å². The van der Waals surface area contributed by atoms with Crippen LogP contribution in [0.25, 0.3) is 0 Å². The van der Waals surface area contributed by atoms with Crippen molar-refractivity contribution in [3.63, 3.8) is 0 Å². The zero-order chi connectivity index (χ0) is 20.3. The van der Waals surface area contributed by atoms with Crippen molar-refractivity contribution in [1.82, 2.24) is 0 Å². The summed E-state index contributed by atoms with van der Waals surface area (Å²) >= 11 is 10.5. The Bertz CT molecular complexity index is 1030. The van der Waals surface area contributed by atoms with Crippen LogP contribution in [0.4, 0.5) is 15.8 Å². The number of nitrogens with zero attached hydrogens (tertiary/aromatic N) is 1. The number of non-ortho nitro benzene ring substituents is 1. The smallest absolute Gasteiger partial charge is 0.269 e. The lowest BCUT2D eigenvalue weighted by atomic mass is 10.2. The van der Waals surface area contributed by atoms with Crippen molar-refractivity contribution in [3.05, 3.63) is 85.6 Å². The van der Waals surface area contributed by atoms with Gasteiger partial charge in [0.2, 0.25) is 0 Å². The average molecular weight is 484 g/mol. The van der Waals surface area contributed by atoms with Crippen molar-refractivity contribution >= 4 is 50.7 Å². The number of rotatable bonds is 6. The molecule has 0 bridgehead atoms. The summed E-state index contributed by atoms with van der Waals surface area (Å²) in [5, 5.41) is 24.6. The molecule has 3 rings (SSSR count). The maximum atomic E-state index is 13.7. The number of hydrogen-bond acceptors (Lipinski definition) is 5. The molecule has 28 heavy (non-hydrogen) atoms. The maximum Gasteiger partial charge on any atom is 0.269 e. The van der Waals surface area contributed by atoms with E-state index in [9.17, 15) is 19.6 Å². The van der Waals surface area contributed by atoms with Crippen LogP contribution in [0, 0.1) is 15.9 Å². The van der Waals surface area contributed by atoms with E-state index >= 15 is 0 Å². The Morgan fingerprint density at radius 3 is 2.57 bits per heavy atom. The second-order valence-corrected chi connectivity index (χ2v) is 8.21. The summed E-state index contributed by atoms with van der Waals surface area (Å²) in [5.41, 5.74) is 0.761. The van der Waals surface area contributed by atoms with E-state index in [-0.39, 0.29) is 17.9 Å². The molecule has 3 aromatic carbocycles. The van der Waals surface area contributed by atoms with E-state index in [0.29, 0.717) is 15.1 Å². The van der Waals surface area contributed by atoms with Crippen LogP contribution in [0.15, 0.2) is 68.9 Å². The lowest BCUT2D eigenvalue weighted by Crippen LogP contribution is -2.03. The van der Waals surface area contributed by atoms with E-state index in [1.807, 2.05) is 12.1 Å². The number of nitro benzene ring substituents is 1. The summed E-state index contributed by atoms with van der Waals surface area (Å²) < 4.78 is 14.2. The summed E-state index contributed by atoms with van der Waals surface area (Å²) in [6, 6.07) is 14.4. The second-order valence-electron chi connectivity index (χ2n) is 5.74. The predicted octanol–water partition coefficient (Wildman–Crippen LogP) is 6.62. The molecule has 0 aliphatic carbocycles. The van der Waals surface area contributed by atoms with Crippen molar-refractivity contribution in [3.8, 4) is 5.75 Å². The number of benzene rings is 3. The molecule has 0 aliphatic heterocycles. The summed E-state index contributed by atoms with van der Waals surface area (Å²) in [6.07, 6.45) is 0. The van der Waals surface area contributed by atoms with Gasteiger partial charge >= 0.3 is 0 Å². The molecule has 0 amide bonds. The molecule has 2 N–H and O–H groups in total. The SMILES string of the molecule is O=[N+]([O-])c1ccc(Sc2ccc(Cl)cc2)c(CNc2cc(Br)cc(F)c2O)c1. The first-order valence-corrected chi connectivity index (χ1v) is 9.95. The fraction of sp³-hybridized carbons (Fsp3) is 0.0526. The van der Waals surface area contributed by atoms with Gasteiger partial charge < -0.3 is 10.4 Å². The van der Waals surface area contributed by atoms with Crippen LogP contribution in [0.1, 0.15) is 5.56 Å². The van der Waals surface area contributed by atoms with Crippen LogP contribution in [0.2, 0.25) is 5.02 Å². The van der Waals surface area contributed by atoms with Crippen molar-refractivity contribution in [1.29, 1.82) is 0 Å². The summed E-state index contributed by atoms with van der Waals surface area (Å²) in [5.74, 6) is -1.28. The molecule has 3 aromatic rings. The highest BCUT2D eigenvalue weighted by Gasteiger charge is 2.14. The van der Waals surface area contributed by atoms with E-state index in [1.165, 1.54) is 30.0 Å². The Hall–Kier alpha value is -2.29. The molecule has 0 spiro atoms. The van der Waals surface area contributed by atoms with Crippen LogP contribution in [0.3, 0.4) is 0 Å². The van der Waals surface area contributed by atoms with Gasteiger partial charge in [0.05, 0.1) is 10.6 Å². The lowest BCUT2D eigenvalue weighted by Gasteiger charge is -2.13. The van der Waals surface area contributed by atoms with Gasteiger partial charge in [0.25, 0.3) is 5.69 Å². The Balaban J connectivity index is 1.90. The molecular weight excluding hydrogens is 471 g/mol. The van der Waals surface area contributed by atoms with Crippen molar-refractivity contribution in [2.24, 2.45) is 0 Å². The molecule has 0 aromatic heterocycles. The number of halogens is 3. The minimum absolute atomic E-state index is 0.0538. The van der Waals surface area contributed by atoms with Gasteiger partial charge in [-0.3, -0.25) is 10.1 Å². The molecule has 144 valence electrons. The number of hydrogen-bond donors (Lipinski definition) is 2. The third kappa shape index (κ3) is 4.95. The number of phenols is 1. The Morgan fingerprint density at radius 2 is 1.89 bits per heavy atom. The Kier molecular flexibility index (Phi) is 6.43. The van der Waals surface area contributed by atoms with E-state index in [4.69, 9.17) is 11.6 Å².